The summed E-state index contributed by atoms with van der Waals surface area (Å²) in [6.45, 7) is 0. The van der Waals surface area contributed by atoms with Crippen molar-refractivity contribution in [1.29, 1.82) is 5.26 Å². The average molecular weight is 282 g/mol. The summed E-state index contributed by atoms with van der Waals surface area (Å²) in [6.07, 6.45) is 4.34. The van der Waals surface area contributed by atoms with Crippen LogP contribution >= 0.6 is 11.3 Å². The smallest absolute Gasteiger partial charge is 0.0991 e. The van der Waals surface area contributed by atoms with Gasteiger partial charge in [0, 0.05) is 16.9 Å². The molecule has 100 valence electrons. The van der Waals surface area contributed by atoms with Gasteiger partial charge in [-0.1, -0.05) is 12.1 Å². The van der Waals surface area contributed by atoms with E-state index in [1.807, 2.05) is 24.3 Å². The third-order valence-corrected chi connectivity index (χ3v) is 5.21. The molecule has 20 heavy (non-hydrogen) atoms. The van der Waals surface area contributed by atoms with Gasteiger partial charge < -0.3 is 4.74 Å². The molecule has 0 N–H and O–H groups in total. The lowest BCUT2D eigenvalue weighted by Crippen LogP contribution is -2.13. The minimum Gasteiger partial charge on any atom is -0.374 e. The standard InChI is InChI=1S/C16H14N2OS/c17-8-10-2-1-3-11(6-10)14-9-20-16(18-14)13-7-12-4-5-15(13)19-12/h1-3,6,9,12-13,15H,4-5,7H2. The summed E-state index contributed by atoms with van der Waals surface area (Å²) in [6, 6.07) is 9.82. The van der Waals surface area contributed by atoms with Crippen LogP contribution < -0.4 is 0 Å². The highest BCUT2D eigenvalue weighted by molar-refractivity contribution is 7.10. The molecule has 0 spiro atoms. The first-order valence-corrected chi connectivity index (χ1v) is 7.83. The zero-order valence-corrected chi connectivity index (χ0v) is 11.8. The molecule has 4 heteroatoms. The van der Waals surface area contributed by atoms with E-state index in [2.05, 4.69) is 11.4 Å². The van der Waals surface area contributed by atoms with Crippen LogP contribution in [-0.4, -0.2) is 17.2 Å². The third-order valence-electron chi connectivity index (χ3n) is 4.23. The lowest BCUT2D eigenvalue weighted by molar-refractivity contribution is 0.101. The quantitative estimate of drug-likeness (QED) is 0.843. The molecule has 2 aromatic rings. The predicted octanol–water partition coefficient (Wildman–Crippen LogP) is 3.72. The number of nitrogens with zero attached hydrogens (tertiary/aromatic N) is 2. The van der Waals surface area contributed by atoms with Gasteiger partial charge in [0.1, 0.15) is 0 Å². The van der Waals surface area contributed by atoms with Crippen LogP contribution in [0.2, 0.25) is 0 Å². The molecule has 3 nitrogen and oxygen atoms in total. The van der Waals surface area contributed by atoms with Crippen molar-refractivity contribution in [2.24, 2.45) is 0 Å². The van der Waals surface area contributed by atoms with Crippen LogP contribution in [0, 0.1) is 11.3 Å². The van der Waals surface area contributed by atoms with Crippen molar-refractivity contribution in [3.63, 3.8) is 0 Å². The number of ether oxygens (including phenoxy) is 1. The van der Waals surface area contributed by atoms with Gasteiger partial charge in [-0.3, -0.25) is 0 Å². The van der Waals surface area contributed by atoms with Crippen LogP contribution in [-0.2, 0) is 4.74 Å². The molecule has 2 aliphatic rings. The minimum atomic E-state index is 0.379. The molecule has 0 saturated carbocycles. The molecule has 2 saturated heterocycles. The van der Waals surface area contributed by atoms with Crippen LogP contribution in [0.3, 0.4) is 0 Å². The van der Waals surface area contributed by atoms with Crippen LogP contribution in [0.1, 0.15) is 35.8 Å². The molecule has 0 aliphatic carbocycles. The maximum atomic E-state index is 8.97. The largest absolute Gasteiger partial charge is 0.374 e. The molecular formula is C16H14N2OS. The van der Waals surface area contributed by atoms with Crippen molar-refractivity contribution >= 4 is 11.3 Å². The lowest BCUT2D eigenvalue weighted by atomic mass is 9.90. The van der Waals surface area contributed by atoms with E-state index in [-0.39, 0.29) is 0 Å². The topological polar surface area (TPSA) is 45.9 Å². The first-order chi connectivity index (χ1) is 9.83. The Balaban J connectivity index is 1.63. The van der Waals surface area contributed by atoms with E-state index in [1.54, 1.807) is 11.3 Å². The fraction of sp³-hybridized carbons (Fsp3) is 0.375. The predicted molar refractivity (Wildman–Crippen MR) is 77.5 cm³/mol. The van der Waals surface area contributed by atoms with Crippen molar-refractivity contribution in [2.75, 3.05) is 0 Å². The summed E-state index contributed by atoms with van der Waals surface area (Å²) in [7, 11) is 0. The van der Waals surface area contributed by atoms with E-state index in [0.29, 0.717) is 23.7 Å². The molecule has 1 aromatic heterocycles. The molecule has 3 heterocycles. The minimum absolute atomic E-state index is 0.379. The molecule has 4 rings (SSSR count). The van der Waals surface area contributed by atoms with Crippen LogP contribution in [0.4, 0.5) is 0 Å². The molecule has 2 aliphatic heterocycles. The zero-order chi connectivity index (χ0) is 13.5. The Morgan fingerprint density at radius 2 is 2.30 bits per heavy atom. The van der Waals surface area contributed by atoms with Crippen molar-refractivity contribution in [3.05, 3.63) is 40.2 Å². The van der Waals surface area contributed by atoms with Gasteiger partial charge in [0.05, 0.1) is 34.5 Å². The summed E-state index contributed by atoms with van der Waals surface area (Å²) >= 11 is 1.72. The Morgan fingerprint density at radius 3 is 3.05 bits per heavy atom. The second-order valence-corrected chi connectivity index (χ2v) is 6.37. The van der Waals surface area contributed by atoms with Crippen LogP contribution in [0.25, 0.3) is 11.3 Å². The highest BCUT2D eigenvalue weighted by atomic mass is 32.1. The fourth-order valence-electron chi connectivity index (χ4n) is 3.24. The summed E-state index contributed by atoms with van der Waals surface area (Å²) in [5, 5.41) is 12.3. The van der Waals surface area contributed by atoms with Gasteiger partial charge >= 0.3 is 0 Å². The monoisotopic (exact) mass is 282 g/mol. The molecular weight excluding hydrogens is 268 g/mol. The van der Waals surface area contributed by atoms with Gasteiger partial charge in [0.2, 0.25) is 0 Å². The number of nitriles is 1. The Hall–Kier alpha value is -1.70. The van der Waals surface area contributed by atoms with Gasteiger partial charge in [-0.15, -0.1) is 11.3 Å². The molecule has 3 unspecified atom stereocenters. The van der Waals surface area contributed by atoms with E-state index in [1.165, 1.54) is 17.8 Å². The summed E-state index contributed by atoms with van der Waals surface area (Å²) in [4.78, 5) is 4.79. The number of aromatic nitrogens is 1. The first-order valence-electron chi connectivity index (χ1n) is 6.95. The molecule has 2 bridgehead atoms. The Labute approximate surface area is 121 Å². The van der Waals surface area contributed by atoms with Gasteiger partial charge in [-0.05, 0) is 31.4 Å². The van der Waals surface area contributed by atoms with Gasteiger partial charge in [-0.25, -0.2) is 4.98 Å². The van der Waals surface area contributed by atoms with Crippen molar-refractivity contribution < 1.29 is 4.74 Å². The molecule has 3 atom stereocenters. The van der Waals surface area contributed by atoms with Crippen molar-refractivity contribution in [3.8, 4) is 17.3 Å². The van der Waals surface area contributed by atoms with E-state index in [4.69, 9.17) is 15.0 Å². The van der Waals surface area contributed by atoms with Gasteiger partial charge in [0.25, 0.3) is 0 Å². The zero-order valence-electron chi connectivity index (χ0n) is 11.0. The van der Waals surface area contributed by atoms with E-state index < -0.39 is 0 Å². The molecule has 0 radical (unpaired) electrons. The Bertz CT molecular complexity index is 688. The second-order valence-electron chi connectivity index (χ2n) is 5.48. The fourth-order valence-corrected chi connectivity index (χ4v) is 4.23. The maximum absolute atomic E-state index is 8.97. The van der Waals surface area contributed by atoms with Gasteiger partial charge in [0.15, 0.2) is 0 Å². The number of rotatable bonds is 2. The van der Waals surface area contributed by atoms with Gasteiger partial charge in [-0.2, -0.15) is 5.26 Å². The molecule has 0 amide bonds. The van der Waals surface area contributed by atoms with Crippen LogP contribution in [0.5, 0.6) is 0 Å². The first kappa shape index (κ1) is 12.1. The number of benzene rings is 1. The normalized spacial score (nSPS) is 27.6. The Kier molecular flexibility index (Phi) is 2.83. The summed E-state index contributed by atoms with van der Waals surface area (Å²) in [5.74, 6) is 0.478. The average Bonchev–Trinajstić information content (AvgIpc) is 3.22. The van der Waals surface area contributed by atoms with Crippen LogP contribution in [0.15, 0.2) is 29.6 Å². The van der Waals surface area contributed by atoms with E-state index >= 15 is 0 Å². The number of hydrogen-bond donors (Lipinski definition) is 0. The number of hydrogen-bond acceptors (Lipinski definition) is 4. The number of fused-ring (bicyclic) bond motifs is 2. The van der Waals surface area contributed by atoms with Crippen molar-refractivity contribution in [2.45, 2.75) is 37.4 Å². The number of thiazole rings is 1. The summed E-state index contributed by atoms with van der Waals surface area (Å²) in [5.41, 5.74) is 2.68. The SMILES string of the molecule is N#Cc1cccc(-c2csc(C3CC4CCC3O4)n2)c1. The molecule has 2 fully saturated rings. The highest BCUT2D eigenvalue weighted by Gasteiger charge is 2.42. The Morgan fingerprint density at radius 1 is 1.35 bits per heavy atom. The van der Waals surface area contributed by atoms with Crippen molar-refractivity contribution in [1.82, 2.24) is 4.98 Å². The maximum Gasteiger partial charge on any atom is 0.0991 e. The summed E-state index contributed by atoms with van der Waals surface area (Å²) < 4.78 is 5.91. The van der Waals surface area contributed by atoms with E-state index in [9.17, 15) is 0 Å². The lowest BCUT2D eigenvalue weighted by Gasteiger charge is -2.15. The second kappa shape index (κ2) is 4.69. The third kappa shape index (κ3) is 1.94. The molecule has 1 aromatic carbocycles. The highest BCUT2D eigenvalue weighted by Crippen LogP contribution is 2.45. The van der Waals surface area contributed by atoms with E-state index in [0.717, 1.165) is 17.7 Å².